The Kier molecular flexibility index (Phi) is 7.96. The molecule has 35 heavy (non-hydrogen) atoms. The van der Waals surface area contributed by atoms with E-state index in [4.69, 9.17) is 17.3 Å². The SMILES string of the molecule is NC=C(C=NC1(C(=O)Nc2ccc(C(F)(F)F)cc2Cl)CCC1)N1CCC(C2CCNCC2)CC1. The number of nitrogens with one attached hydrogen (secondary N) is 2. The van der Waals surface area contributed by atoms with Crippen LogP contribution in [-0.4, -0.2) is 48.7 Å². The summed E-state index contributed by atoms with van der Waals surface area (Å²) in [4.78, 5) is 19.9. The molecular weight excluding hydrogens is 479 g/mol. The van der Waals surface area contributed by atoms with Gasteiger partial charge in [0.15, 0.2) is 0 Å². The van der Waals surface area contributed by atoms with Crippen molar-refractivity contribution in [2.45, 2.75) is 56.7 Å². The highest BCUT2D eigenvalue weighted by atomic mass is 35.5. The molecule has 3 aliphatic rings. The van der Waals surface area contributed by atoms with Crippen molar-refractivity contribution < 1.29 is 18.0 Å². The number of nitrogens with zero attached hydrogens (tertiary/aromatic N) is 2. The molecule has 1 amide bonds. The lowest BCUT2D eigenvalue weighted by molar-refractivity contribution is -0.137. The van der Waals surface area contributed by atoms with E-state index in [0.717, 1.165) is 75.1 Å². The van der Waals surface area contributed by atoms with Crippen LogP contribution in [0.25, 0.3) is 0 Å². The maximum Gasteiger partial charge on any atom is 0.416 e. The molecule has 6 nitrogen and oxygen atoms in total. The Morgan fingerprint density at radius 1 is 1.17 bits per heavy atom. The number of carbonyl (C=O) groups is 1. The number of alkyl halides is 3. The van der Waals surface area contributed by atoms with Gasteiger partial charge in [0, 0.05) is 25.5 Å². The second kappa shape index (κ2) is 10.8. The molecule has 2 aliphatic heterocycles. The minimum Gasteiger partial charge on any atom is -0.403 e. The molecule has 0 spiro atoms. The molecule has 0 radical (unpaired) electrons. The molecule has 2 saturated heterocycles. The summed E-state index contributed by atoms with van der Waals surface area (Å²) in [5.41, 5.74) is 5.03. The van der Waals surface area contributed by atoms with E-state index in [1.54, 1.807) is 6.21 Å². The van der Waals surface area contributed by atoms with Crippen LogP contribution in [0.4, 0.5) is 18.9 Å². The number of anilines is 1. The van der Waals surface area contributed by atoms with Gasteiger partial charge in [-0.1, -0.05) is 11.6 Å². The number of carbonyl (C=O) groups excluding carboxylic acids is 1. The van der Waals surface area contributed by atoms with Gasteiger partial charge in [0.2, 0.25) is 0 Å². The van der Waals surface area contributed by atoms with Crippen molar-refractivity contribution in [3.63, 3.8) is 0 Å². The largest absolute Gasteiger partial charge is 0.416 e. The van der Waals surface area contributed by atoms with Gasteiger partial charge in [0.1, 0.15) is 5.54 Å². The van der Waals surface area contributed by atoms with Crippen LogP contribution < -0.4 is 16.4 Å². The molecule has 1 aromatic rings. The number of benzene rings is 1. The second-order valence-electron chi connectivity index (χ2n) is 9.79. The summed E-state index contributed by atoms with van der Waals surface area (Å²) in [6, 6.07) is 2.90. The molecule has 1 aliphatic carbocycles. The zero-order valence-electron chi connectivity index (χ0n) is 19.7. The van der Waals surface area contributed by atoms with Gasteiger partial charge in [-0.3, -0.25) is 9.79 Å². The van der Waals surface area contributed by atoms with Gasteiger partial charge in [-0.15, -0.1) is 0 Å². The highest BCUT2D eigenvalue weighted by Gasteiger charge is 2.44. The average molecular weight is 512 g/mol. The third kappa shape index (κ3) is 5.94. The fourth-order valence-corrected chi connectivity index (χ4v) is 5.55. The molecule has 3 fully saturated rings. The average Bonchev–Trinajstić information content (AvgIpc) is 2.82. The first kappa shape index (κ1) is 25.8. The van der Waals surface area contributed by atoms with Crippen molar-refractivity contribution in [3.8, 4) is 0 Å². The van der Waals surface area contributed by atoms with Crippen molar-refractivity contribution in [2.75, 3.05) is 31.5 Å². The summed E-state index contributed by atoms with van der Waals surface area (Å²) >= 11 is 6.02. The van der Waals surface area contributed by atoms with Gasteiger partial charge < -0.3 is 21.3 Å². The van der Waals surface area contributed by atoms with Gasteiger partial charge in [0.25, 0.3) is 5.91 Å². The Morgan fingerprint density at radius 3 is 2.37 bits per heavy atom. The number of likely N-dealkylation sites (tertiary alicyclic amines) is 1. The van der Waals surface area contributed by atoms with Gasteiger partial charge in [-0.05, 0) is 88.1 Å². The normalized spacial score (nSPS) is 22.3. The van der Waals surface area contributed by atoms with E-state index in [1.807, 2.05) is 0 Å². The van der Waals surface area contributed by atoms with Gasteiger partial charge in [0.05, 0.1) is 22.0 Å². The molecule has 4 rings (SSSR count). The molecule has 0 aromatic heterocycles. The maximum absolute atomic E-state index is 13.1. The predicted molar refractivity (Wildman–Crippen MR) is 132 cm³/mol. The van der Waals surface area contributed by atoms with Crippen LogP contribution in [0.2, 0.25) is 5.02 Å². The quantitative estimate of drug-likeness (QED) is 0.479. The van der Waals surface area contributed by atoms with Crippen molar-refractivity contribution in [1.29, 1.82) is 0 Å². The second-order valence-corrected chi connectivity index (χ2v) is 10.2. The summed E-state index contributed by atoms with van der Waals surface area (Å²) in [6.45, 7) is 4.02. The lowest BCUT2D eigenvalue weighted by Crippen LogP contribution is -2.47. The smallest absolute Gasteiger partial charge is 0.403 e. The van der Waals surface area contributed by atoms with Crippen LogP contribution in [0.3, 0.4) is 0 Å². The van der Waals surface area contributed by atoms with E-state index < -0.39 is 17.3 Å². The molecule has 4 N–H and O–H groups in total. The zero-order valence-corrected chi connectivity index (χ0v) is 20.5. The number of hydrogen-bond acceptors (Lipinski definition) is 5. The fraction of sp³-hybridized carbons (Fsp3) is 0.600. The highest BCUT2D eigenvalue weighted by molar-refractivity contribution is 6.33. The number of rotatable bonds is 6. The Hall–Kier alpha value is -2.26. The Bertz CT molecular complexity index is 962. The molecular formula is C25H33ClF3N5O. The lowest BCUT2D eigenvalue weighted by atomic mass is 9.76. The standard InChI is InChI=1S/C25H33ClF3N5O/c26-21-14-19(25(27,28)29)2-3-22(21)33-23(35)24(8-1-9-24)32-16-20(15-30)34-12-6-18(7-13-34)17-4-10-31-11-5-17/h2-3,14-18,31H,1,4-13,30H2,(H,33,35). The van der Waals surface area contributed by atoms with Crippen LogP contribution in [0.1, 0.15) is 50.5 Å². The summed E-state index contributed by atoms with van der Waals surface area (Å²) in [7, 11) is 0. The topological polar surface area (TPSA) is 82.7 Å². The minimum atomic E-state index is -4.50. The highest BCUT2D eigenvalue weighted by Crippen LogP contribution is 2.39. The molecule has 2 heterocycles. The van der Waals surface area contributed by atoms with Gasteiger partial charge in [-0.25, -0.2) is 0 Å². The van der Waals surface area contributed by atoms with Crippen LogP contribution in [-0.2, 0) is 11.0 Å². The molecule has 0 atom stereocenters. The van der Waals surface area contributed by atoms with E-state index in [0.29, 0.717) is 12.8 Å². The van der Waals surface area contributed by atoms with Crippen molar-refractivity contribution in [1.82, 2.24) is 10.2 Å². The maximum atomic E-state index is 13.1. The van der Waals surface area contributed by atoms with Crippen LogP contribution in [0, 0.1) is 11.8 Å². The zero-order chi connectivity index (χ0) is 25.1. The number of aliphatic imine (C=N–C) groups is 1. The molecule has 192 valence electrons. The summed E-state index contributed by atoms with van der Waals surface area (Å²) < 4.78 is 38.7. The summed E-state index contributed by atoms with van der Waals surface area (Å²) in [6.07, 6.45) is 5.39. The van der Waals surface area contributed by atoms with E-state index >= 15 is 0 Å². The Morgan fingerprint density at radius 2 is 1.83 bits per heavy atom. The lowest BCUT2D eigenvalue weighted by Gasteiger charge is -2.39. The first-order valence-corrected chi connectivity index (χ1v) is 12.7. The first-order chi connectivity index (χ1) is 16.7. The van der Waals surface area contributed by atoms with Crippen molar-refractivity contribution in [2.24, 2.45) is 22.6 Å². The van der Waals surface area contributed by atoms with Crippen molar-refractivity contribution >= 4 is 29.4 Å². The number of nitrogens with two attached hydrogens (primary N) is 1. The van der Waals surface area contributed by atoms with Gasteiger partial charge >= 0.3 is 6.18 Å². The summed E-state index contributed by atoms with van der Waals surface area (Å²) in [5.74, 6) is 1.15. The molecule has 0 bridgehead atoms. The fourth-order valence-electron chi connectivity index (χ4n) is 5.32. The third-order valence-electron chi connectivity index (χ3n) is 7.72. The molecule has 1 saturated carbocycles. The van der Waals surface area contributed by atoms with E-state index in [1.165, 1.54) is 25.1 Å². The van der Waals surface area contributed by atoms with Gasteiger partial charge in [-0.2, -0.15) is 13.2 Å². The third-order valence-corrected chi connectivity index (χ3v) is 8.03. The first-order valence-electron chi connectivity index (χ1n) is 12.3. The van der Waals surface area contributed by atoms with Crippen LogP contribution >= 0.6 is 11.6 Å². The Labute approximate surface area is 209 Å². The molecule has 1 aromatic carbocycles. The Balaban J connectivity index is 1.38. The number of amides is 1. The van der Waals surface area contributed by atoms with E-state index in [9.17, 15) is 18.0 Å². The minimum absolute atomic E-state index is 0.140. The van der Waals surface area contributed by atoms with Crippen LogP contribution in [0.15, 0.2) is 35.1 Å². The monoisotopic (exact) mass is 511 g/mol. The number of piperidine rings is 2. The van der Waals surface area contributed by atoms with Crippen LogP contribution in [0.5, 0.6) is 0 Å². The molecule has 0 unspecified atom stereocenters. The number of allylic oxidation sites excluding steroid dienone is 1. The van der Waals surface area contributed by atoms with E-state index in [2.05, 4.69) is 20.5 Å². The van der Waals surface area contributed by atoms with Crippen molar-refractivity contribution in [3.05, 3.63) is 40.7 Å². The summed E-state index contributed by atoms with van der Waals surface area (Å²) in [5, 5.41) is 5.94. The number of hydrogen-bond donors (Lipinski definition) is 3. The predicted octanol–water partition coefficient (Wildman–Crippen LogP) is 4.80. The number of halogens is 4. The van der Waals surface area contributed by atoms with E-state index in [-0.39, 0.29) is 16.6 Å². The molecule has 10 heteroatoms.